The van der Waals surface area contributed by atoms with Gasteiger partial charge in [0.15, 0.2) is 6.10 Å². The van der Waals surface area contributed by atoms with Crippen molar-refractivity contribution in [1.82, 2.24) is 5.32 Å². The number of ether oxygens (including phenoxy) is 3. The molecule has 1 N–H and O–H groups in total. The van der Waals surface area contributed by atoms with Gasteiger partial charge in [0.1, 0.15) is 23.9 Å². The largest absolute Gasteiger partial charge is 0.497 e. The zero-order chi connectivity index (χ0) is 25.9. The number of benzene rings is 3. The number of methoxy groups -OCH3 is 1. The SMILES string of the molecule is COc1ccc(S(=O)(=O)N2C[C@@H](C(=O)NCCOc3cc(C)ccc3C)Oc3cc(C)ccc32)cc1. The molecule has 0 spiro atoms. The van der Waals surface area contributed by atoms with E-state index in [4.69, 9.17) is 14.2 Å². The summed E-state index contributed by atoms with van der Waals surface area (Å²) >= 11 is 0. The number of fused-ring (bicyclic) bond motifs is 1. The molecule has 1 aliphatic rings. The Hall–Kier alpha value is -3.72. The summed E-state index contributed by atoms with van der Waals surface area (Å²) in [6, 6.07) is 17.3. The van der Waals surface area contributed by atoms with Crippen LogP contribution in [0.3, 0.4) is 0 Å². The number of carbonyl (C=O) groups is 1. The predicted octanol–water partition coefficient (Wildman–Crippen LogP) is 3.77. The summed E-state index contributed by atoms with van der Waals surface area (Å²) in [6.45, 7) is 6.18. The van der Waals surface area contributed by atoms with Crippen LogP contribution in [0.1, 0.15) is 16.7 Å². The van der Waals surface area contributed by atoms with E-state index in [0.717, 1.165) is 22.4 Å². The molecule has 3 aromatic carbocycles. The van der Waals surface area contributed by atoms with Crippen LogP contribution in [0.4, 0.5) is 5.69 Å². The van der Waals surface area contributed by atoms with Crippen molar-refractivity contribution in [3.63, 3.8) is 0 Å². The third-order valence-corrected chi connectivity index (χ3v) is 7.72. The molecule has 1 atom stereocenters. The molecule has 8 nitrogen and oxygen atoms in total. The van der Waals surface area contributed by atoms with Crippen molar-refractivity contribution in [2.45, 2.75) is 31.8 Å². The van der Waals surface area contributed by atoms with E-state index in [9.17, 15) is 13.2 Å². The van der Waals surface area contributed by atoms with Crippen molar-refractivity contribution in [3.05, 3.63) is 77.4 Å². The molecule has 4 rings (SSSR count). The monoisotopic (exact) mass is 510 g/mol. The van der Waals surface area contributed by atoms with Crippen molar-refractivity contribution >= 4 is 21.6 Å². The first-order valence-corrected chi connectivity index (χ1v) is 13.0. The molecule has 0 aliphatic carbocycles. The van der Waals surface area contributed by atoms with Crippen molar-refractivity contribution in [1.29, 1.82) is 0 Å². The number of rotatable bonds is 8. The van der Waals surface area contributed by atoms with Crippen molar-refractivity contribution < 1.29 is 27.4 Å². The van der Waals surface area contributed by atoms with Crippen molar-refractivity contribution in [2.75, 3.05) is 31.1 Å². The zero-order valence-electron chi connectivity index (χ0n) is 20.8. The van der Waals surface area contributed by atoms with Crippen LogP contribution in [-0.4, -0.2) is 47.2 Å². The highest BCUT2D eigenvalue weighted by atomic mass is 32.2. The van der Waals surface area contributed by atoms with Gasteiger partial charge < -0.3 is 19.5 Å². The summed E-state index contributed by atoms with van der Waals surface area (Å²) in [4.78, 5) is 13.1. The predicted molar refractivity (Wildman–Crippen MR) is 138 cm³/mol. The Bertz CT molecular complexity index is 1360. The van der Waals surface area contributed by atoms with Crippen molar-refractivity contribution in [3.8, 4) is 17.2 Å². The van der Waals surface area contributed by atoms with Crippen LogP contribution in [0.5, 0.6) is 17.2 Å². The topological polar surface area (TPSA) is 94.2 Å². The van der Waals surface area contributed by atoms with E-state index < -0.39 is 22.0 Å². The van der Waals surface area contributed by atoms with Crippen LogP contribution in [0.25, 0.3) is 0 Å². The molecule has 0 unspecified atom stereocenters. The minimum Gasteiger partial charge on any atom is -0.497 e. The molecule has 0 aromatic heterocycles. The van der Waals surface area contributed by atoms with Gasteiger partial charge in [-0.1, -0.05) is 18.2 Å². The maximum atomic E-state index is 13.6. The summed E-state index contributed by atoms with van der Waals surface area (Å²) in [5, 5.41) is 2.80. The number of nitrogens with zero attached hydrogens (tertiary/aromatic N) is 1. The fourth-order valence-electron chi connectivity index (χ4n) is 3.91. The summed E-state index contributed by atoms with van der Waals surface area (Å²) in [7, 11) is -2.44. The first-order valence-electron chi connectivity index (χ1n) is 11.6. The number of anilines is 1. The van der Waals surface area contributed by atoms with Gasteiger partial charge in [-0.15, -0.1) is 0 Å². The summed E-state index contributed by atoms with van der Waals surface area (Å²) in [5.74, 6) is 1.23. The lowest BCUT2D eigenvalue weighted by Gasteiger charge is -2.35. The van der Waals surface area contributed by atoms with Gasteiger partial charge in [0, 0.05) is 0 Å². The van der Waals surface area contributed by atoms with E-state index in [-0.39, 0.29) is 24.6 Å². The molecule has 1 heterocycles. The molecule has 0 radical (unpaired) electrons. The molecule has 190 valence electrons. The van der Waals surface area contributed by atoms with Gasteiger partial charge in [-0.25, -0.2) is 8.42 Å². The average molecular weight is 511 g/mol. The first kappa shape index (κ1) is 25.4. The fourth-order valence-corrected chi connectivity index (χ4v) is 5.39. The third-order valence-electron chi connectivity index (χ3n) is 5.93. The number of hydrogen-bond acceptors (Lipinski definition) is 6. The minimum atomic E-state index is -3.96. The van der Waals surface area contributed by atoms with Gasteiger partial charge >= 0.3 is 0 Å². The van der Waals surface area contributed by atoms with Crippen LogP contribution in [0.15, 0.2) is 65.6 Å². The Kier molecular flexibility index (Phi) is 7.40. The number of amides is 1. The Morgan fingerprint density at radius 1 is 1.03 bits per heavy atom. The van der Waals surface area contributed by atoms with E-state index in [1.54, 1.807) is 24.3 Å². The number of aryl methyl sites for hydroxylation is 3. The van der Waals surface area contributed by atoms with E-state index in [0.29, 0.717) is 17.2 Å². The molecular formula is C27H30N2O6S. The molecule has 9 heteroatoms. The van der Waals surface area contributed by atoms with Crippen LogP contribution in [-0.2, 0) is 14.8 Å². The Morgan fingerprint density at radius 3 is 2.44 bits per heavy atom. The van der Waals surface area contributed by atoms with Crippen LogP contribution in [0, 0.1) is 20.8 Å². The lowest BCUT2D eigenvalue weighted by Crippen LogP contribution is -2.51. The number of carbonyl (C=O) groups excluding carboxylic acids is 1. The van der Waals surface area contributed by atoms with E-state index >= 15 is 0 Å². The third kappa shape index (κ3) is 5.41. The lowest BCUT2D eigenvalue weighted by atomic mass is 10.1. The standard InChI is InChI=1S/C27H30N2O6S/c1-18-5-7-20(3)24(15-18)34-14-13-28-27(30)26-17-29(23-12-6-19(2)16-25(23)35-26)36(31,32)22-10-8-21(33-4)9-11-22/h5-12,15-16,26H,13-14,17H2,1-4H3,(H,28,30)/t26-/m0/s1. The zero-order valence-corrected chi connectivity index (χ0v) is 21.6. The molecule has 0 saturated heterocycles. The highest BCUT2D eigenvalue weighted by molar-refractivity contribution is 7.92. The van der Waals surface area contributed by atoms with Gasteiger partial charge in [-0.05, 0) is 79.9 Å². The van der Waals surface area contributed by atoms with Crippen molar-refractivity contribution in [2.24, 2.45) is 0 Å². The van der Waals surface area contributed by atoms with E-state index in [1.165, 1.54) is 23.5 Å². The second kappa shape index (κ2) is 10.5. The quantitative estimate of drug-likeness (QED) is 0.464. The second-order valence-corrected chi connectivity index (χ2v) is 10.6. The molecule has 36 heavy (non-hydrogen) atoms. The van der Waals surface area contributed by atoms with E-state index in [1.807, 2.05) is 45.0 Å². The molecule has 0 bridgehead atoms. The highest BCUT2D eigenvalue weighted by Crippen LogP contribution is 2.38. The number of nitrogens with one attached hydrogen (secondary N) is 1. The average Bonchev–Trinajstić information content (AvgIpc) is 2.87. The number of hydrogen-bond donors (Lipinski definition) is 1. The molecular weight excluding hydrogens is 480 g/mol. The Morgan fingerprint density at radius 2 is 1.72 bits per heavy atom. The molecule has 1 amide bonds. The van der Waals surface area contributed by atoms with Gasteiger partial charge in [0.2, 0.25) is 0 Å². The fraction of sp³-hybridized carbons (Fsp3) is 0.296. The van der Waals surface area contributed by atoms with Gasteiger partial charge in [0.05, 0.1) is 30.8 Å². The van der Waals surface area contributed by atoms with Gasteiger partial charge in [-0.3, -0.25) is 9.10 Å². The summed E-state index contributed by atoms with van der Waals surface area (Å²) in [5.41, 5.74) is 3.37. The van der Waals surface area contributed by atoms with E-state index in [2.05, 4.69) is 5.32 Å². The maximum absolute atomic E-state index is 13.6. The molecule has 0 fully saturated rings. The normalized spacial score (nSPS) is 15.0. The molecule has 0 saturated carbocycles. The highest BCUT2D eigenvalue weighted by Gasteiger charge is 2.37. The summed E-state index contributed by atoms with van der Waals surface area (Å²) in [6.07, 6.45) is -1.02. The van der Waals surface area contributed by atoms with Gasteiger partial charge in [0.25, 0.3) is 15.9 Å². The molecule has 1 aliphatic heterocycles. The maximum Gasteiger partial charge on any atom is 0.264 e. The second-order valence-electron chi connectivity index (χ2n) is 8.70. The minimum absolute atomic E-state index is 0.0952. The van der Waals surface area contributed by atoms with Crippen LogP contribution < -0.4 is 23.8 Å². The molecule has 3 aromatic rings. The smallest absolute Gasteiger partial charge is 0.264 e. The Balaban J connectivity index is 1.49. The van der Waals surface area contributed by atoms with Gasteiger partial charge in [-0.2, -0.15) is 0 Å². The van der Waals surface area contributed by atoms with Crippen LogP contribution in [0.2, 0.25) is 0 Å². The van der Waals surface area contributed by atoms with Crippen LogP contribution >= 0.6 is 0 Å². The Labute approximate surface area is 211 Å². The number of sulfonamides is 1. The first-order chi connectivity index (χ1) is 17.2. The summed E-state index contributed by atoms with van der Waals surface area (Å²) < 4.78 is 45.2. The lowest BCUT2D eigenvalue weighted by molar-refractivity contribution is -0.127.